The number of nitrogens with zero attached hydrogens (tertiary/aromatic N) is 4. The van der Waals surface area contributed by atoms with Gasteiger partial charge in [0, 0.05) is 31.7 Å². The first-order valence-corrected chi connectivity index (χ1v) is 12.4. The van der Waals surface area contributed by atoms with Crippen molar-refractivity contribution in [3.8, 4) is 5.69 Å². The van der Waals surface area contributed by atoms with E-state index in [1.54, 1.807) is 47.4 Å². The number of halogens is 1. The van der Waals surface area contributed by atoms with Gasteiger partial charge in [-0.2, -0.15) is 4.31 Å². The van der Waals surface area contributed by atoms with E-state index in [4.69, 9.17) is 0 Å². The van der Waals surface area contributed by atoms with Gasteiger partial charge >= 0.3 is 0 Å². The molecule has 35 heavy (non-hydrogen) atoms. The third-order valence-electron chi connectivity index (χ3n) is 6.02. The van der Waals surface area contributed by atoms with Crippen molar-refractivity contribution in [2.24, 2.45) is 0 Å². The van der Waals surface area contributed by atoms with Crippen LogP contribution in [0.4, 0.5) is 4.39 Å². The van der Waals surface area contributed by atoms with Gasteiger partial charge in [-0.25, -0.2) is 17.8 Å². The first-order valence-electron chi connectivity index (χ1n) is 11.0. The molecule has 1 aromatic heterocycles. The maximum Gasteiger partial charge on any atom is 0.265 e. The Morgan fingerprint density at radius 1 is 0.886 bits per heavy atom. The van der Waals surface area contributed by atoms with Crippen molar-refractivity contribution in [3.05, 3.63) is 101 Å². The van der Waals surface area contributed by atoms with Crippen LogP contribution in [0.1, 0.15) is 10.4 Å². The largest absolute Gasteiger partial charge is 0.336 e. The summed E-state index contributed by atoms with van der Waals surface area (Å²) in [4.78, 5) is 31.6. The Bertz CT molecular complexity index is 1580. The zero-order valence-corrected chi connectivity index (χ0v) is 19.4. The molecule has 0 aliphatic carbocycles. The summed E-state index contributed by atoms with van der Waals surface area (Å²) in [6, 6.07) is 18.6. The minimum Gasteiger partial charge on any atom is -0.336 e. The fraction of sp³-hybridized carbons (Fsp3) is 0.160. The SMILES string of the molecule is O=C(c1ccc(-n2cnc3ccccc3c2=O)cc1)N1CCN(S(=O)(=O)c2cccc(F)c2)CC1. The highest BCUT2D eigenvalue weighted by atomic mass is 32.2. The molecule has 0 saturated carbocycles. The Labute approximate surface area is 200 Å². The van der Waals surface area contributed by atoms with E-state index in [-0.39, 0.29) is 42.5 Å². The molecule has 4 aromatic rings. The van der Waals surface area contributed by atoms with Crippen molar-refractivity contribution in [3.63, 3.8) is 0 Å². The molecule has 3 aromatic carbocycles. The molecule has 0 radical (unpaired) electrons. The van der Waals surface area contributed by atoms with Crippen LogP contribution in [0.5, 0.6) is 0 Å². The molecule has 8 nitrogen and oxygen atoms in total. The molecule has 1 aliphatic rings. The van der Waals surface area contributed by atoms with Crippen LogP contribution in [-0.2, 0) is 10.0 Å². The van der Waals surface area contributed by atoms with E-state index in [1.165, 1.54) is 33.4 Å². The molecule has 1 fully saturated rings. The first kappa shape index (κ1) is 22.9. The maximum atomic E-state index is 13.5. The molecule has 0 spiro atoms. The summed E-state index contributed by atoms with van der Waals surface area (Å²) in [7, 11) is -3.84. The Morgan fingerprint density at radius 2 is 1.60 bits per heavy atom. The standard InChI is InChI=1S/C25H21FN4O4S/c26-19-4-3-5-21(16-19)35(33,34)29-14-12-28(13-15-29)24(31)18-8-10-20(11-9-18)30-17-27-23-7-2-1-6-22(23)25(30)32/h1-11,16-17H,12-15H2. The number of aromatic nitrogens is 2. The minimum atomic E-state index is -3.84. The number of piperazine rings is 1. The number of fused-ring (bicyclic) bond motifs is 1. The highest BCUT2D eigenvalue weighted by molar-refractivity contribution is 7.89. The number of hydrogen-bond donors (Lipinski definition) is 0. The van der Waals surface area contributed by atoms with Crippen LogP contribution in [-0.4, -0.2) is 59.3 Å². The predicted octanol–water partition coefficient (Wildman–Crippen LogP) is 2.67. The summed E-state index contributed by atoms with van der Waals surface area (Å²) in [6.07, 6.45) is 1.46. The number of carbonyl (C=O) groups excluding carboxylic acids is 1. The van der Waals surface area contributed by atoms with Crippen molar-refractivity contribution in [2.75, 3.05) is 26.2 Å². The zero-order valence-electron chi connectivity index (χ0n) is 18.5. The summed E-state index contributed by atoms with van der Waals surface area (Å²) >= 11 is 0. The van der Waals surface area contributed by atoms with Crippen LogP contribution >= 0.6 is 0 Å². The molecule has 0 N–H and O–H groups in total. The number of sulfonamides is 1. The van der Waals surface area contributed by atoms with Gasteiger partial charge in [-0.1, -0.05) is 18.2 Å². The second-order valence-corrected chi connectivity index (χ2v) is 10.1. The number of benzene rings is 3. The molecule has 0 unspecified atom stereocenters. The summed E-state index contributed by atoms with van der Waals surface area (Å²) in [5.74, 6) is -0.853. The Morgan fingerprint density at radius 3 is 2.31 bits per heavy atom. The van der Waals surface area contributed by atoms with Gasteiger partial charge in [0.05, 0.1) is 21.5 Å². The normalized spacial score (nSPS) is 14.8. The Hall–Kier alpha value is -3.89. The van der Waals surface area contributed by atoms with Crippen molar-refractivity contribution in [2.45, 2.75) is 4.90 Å². The van der Waals surface area contributed by atoms with Gasteiger partial charge in [0.2, 0.25) is 10.0 Å². The minimum absolute atomic E-state index is 0.105. The molecule has 1 saturated heterocycles. The average molecular weight is 493 g/mol. The van der Waals surface area contributed by atoms with Gasteiger partial charge in [0.25, 0.3) is 11.5 Å². The number of rotatable bonds is 4. The van der Waals surface area contributed by atoms with Crippen molar-refractivity contribution in [1.82, 2.24) is 18.8 Å². The maximum absolute atomic E-state index is 13.5. The van der Waals surface area contributed by atoms with Crippen molar-refractivity contribution >= 4 is 26.8 Å². The summed E-state index contributed by atoms with van der Waals surface area (Å²) in [6.45, 7) is 0.647. The van der Waals surface area contributed by atoms with Gasteiger partial charge in [-0.05, 0) is 54.6 Å². The fourth-order valence-corrected chi connectivity index (χ4v) is 5.56. The molecule has 0 bridgehead atoms. The molecule has 1 amide bonds. The van der Waals surface area contributed by atoms with E-state index < -0.39 is 15.8 Å². The van der Waals surface area contributed by atoms with E-state index >= 15 is 0 Å². The number of hydrogen-bond acceptors (Lipinski definition) is 5. The Kier molecular flexibility index (Phi) is 5.91. The summed E-state index contributed by atoms with van der Waals surface area (Å²) in [5.41, 5.74) is 1.41. The monoisotopic (exact) mass is 492 g/mol. The van der Waals surface area contributed by atoms with Gasteiger partial charge in [0.1, 0.15) is 12.1 Å². The molecule has 1 aliphatic heterocycles. The zero-order chi connectivity index (χ0) is 24.6. The van der Waals surface area contributed by atoms with E-state index in [9.17, 15) is 22.4 Å². The topological polar surface area (TPSA) is 92.6 Å². The van der Waals surface area contributed by atoms with Gasteiger partial charge in [0.15, 0.2) is 0 Å². The lowest BCUT2D eigenvalue weighted by molar-refractivity contribution is 0.0698. The first-order chi connectivity index (χ1) is 16.8. The van der Waals surface area contributed by atoms with Gasteiger partial charge in [-0.3, -0.25) is 14.2 Å². The van der Waals surface area contributed by atoms with E-state index in [1.807, 2.05) is 6.07 Å². The highest BCUT2D eigenvalue weighted by Gasteiger charge is 2.30. The molecular formula is C25H21FN4O4S. The lowest BCUT2D eigenvalue weighted by Crippen LogP contribution is -2.50. The summed E-state index contributed by atoms with van der Waals surface area (Å²) in [5, 5.41) is 0.501. The van der Waals surface area contributed by atoms with E-state index in [0.717, 1.165) is 6.07 Å². The van der Waals surface area contributed by atoms with Crippen molar-refractivity contribution < 1.29 is 17.6 Å². The predicted molar refractivity (Wildman–Crippen MR) is 128 cm³/mol. The van der Waals surface area contributed by atoms with Gasteiger partial charge < -0.3 is 4.90 Å². The number of amides is 1. The lowest BCUT2D eigenvalue weighted by atomic mass is 10.1. The van der Waals surface area contributed by atoms with Crippen LogP contribution in [0.2, 0.25) is 0 Å². The van der Waals surface area contributed by atoms with E-state index in [0.29, 0.717) is 22.2 Å². The molecule has 178 valence electrons. The third-order valence-corrected chi connectivity index (χ3v) is 7.91. The van der Waals surface area contributed by atoms with Crippen molar-refractivity contribution in [1.29, 1.82) is 0 Å². The highest BCUT2D eigenvalue weighted by Crippen LogP contribution is 2.20. The molecular weight excluding hydrogens is 471 g/mol. The Balaban J connectivity index is 1.29. The molecule has 0 atom stereocenters. The molecule has 10 heteroatoms. The van der Waals surface area contributed by atoms with Crippen LogP contribution < -0.4 is 5.56 Å². The summed E-state index contributed by atoms with van der Waals surface area (Å²) < 4.78 is 41.8. The quantitative estimate of drug-likeness (QED) is 0.437. The smallest absolute Gasteiger partial charge is 0.265 e. The molecule has 2 heterocycles. The van der Waals surface area contributed by atoms with Crippen LogP contribution in [0.3, 0.4) is 0 Å². The van der Waals surface area contributed by atoms with Crippen LogP contribution in [0.15, 0.2) is 88.8 Å². The second kappa shape index (κ2) is 9.05. The van der Waals surface area contributed by atoms with Crippen LogP contribution in [0, 0.1) is 5.82 Å². The number of para-hydroxylation sites is 1. The number of carbonyl (C=O) groups is 1. The third kappa shape index (κ3) is 4.33. The van der Waals surface area contributed by atoms with Crippen LogP contribution in [0.25, 0.3) is 16.6 Å². The molecule has 5 rings (SSSR count). The lowest BCUT2D eigenvalue weighted by Gasteiger charge is -2.34. The fourth-order valence-electron chi connectivity index (χ4n) is 4.11. The average Bonchev–Trinajstić information content (AvgIpc) is 2.89. The second-order valence-electron chi connectivity index (χ2n) is 8.14. The van der Waals surface area contributed by atoms with Gasteiger partial charge in [-0.15, -0.1) is 0 Å². The van der Waals surface area contributed by atoms with E-state index in [2.05, 4.69) is 4.98 Å².